The molecule has 0 fully saturated rings. The van der Waals surface area contributed by atoms with Crippen LogP contribution in [0.2, 0.25) is 0 Å². The number of ether oxygens (including phenoxy) is 1. The van der Waals surface area contributed by atoms with Gasteiger partial charge in [-0.25, -0.2) is 4.39 Å². The van der Waals surface area contributed by atoms with Crippen LogP contribution in [-0.4, -0.2) is 15.3 Å². The van der Waals surface area contributed by atoms with Crippen molar-refractivity contribution in [2.45, 2.75) is 13.5 Å². The molecule has 5 heteroatoms. The van der Waals surface area contributed by atoms with Crippen LogP contribution >= 0.6 is 0 Å². The topological polar surface area (TPSA) is 55.2 Å². The van der Waals surface area contributed by atoms with E-state index in [1.807, 2.05) is 6.92 Å². The van der Waals surface area contributed by atoms with Crippen LogP contribution in [0, 0.1) is 12.7 Å². The van der Waals surface area contributed by atoms with E-state index in [1.54, 1.807) is 18.2 Å². The van der Waals surface area contributed by atoms with Gasteiger partial charge in [-0.1, -0.05) is 6.07 Å². The number of rotatable bonds is 3. The molecule has 0 aliphatic rings. The number of halogens is 1. The fraction of sp³-hybridized carbons (Fsp3) is 0.167. The van der Waals surface area contributed by atoms with Gasteiger partial charge in [0, 0.05) is 12.1 Å². The first-order chi connectivity index (χ1) is 8.19. The highest BCUT2D eigenvalue weighted by atomic mass is 19.1. The molecule has 0 aliphatic carbocycles. The van der Waals surface area contributed by atoms with Crippen molar-refractivity contribution >= 4 is 0 Å². The lowest BCUT2D eigenvalue weighted by Crippen LogP contribution is -1.96. The molecule has 1 heterocycles. The van der Waals surface area contributed by atoms with Crippen molar-refractivity contribution in [1.82, 2.24) is 10.2 Å². The molecule has 88 valence electrons. The lowest BCUT2D eigenvalue weighted by Gasteiger charge is -2.07. The lowest BCUT2D eigenvalue weighted by molar-refractivity contribution is 0.274. The molecule has 2 rings (SSSR count). The smallest absolute Gasteiger partial charge is 0.238 e. The van der Waals surface area contributed by atoms with Crippen LogP contribution in [0.15, 0.2) is 30.3 Å². The maximum absolute atomic E-state index is 13.0. The summed E-state index contributed by atoms with van der Waals surface area (Å²) < 4.78 is 18.4. The minimum Gasteiger partial charge on any atom is -0.437 e. The predicted molar refractivity (Wildman–Crippen MR) is 59.2 cm³/mol. The van der Waals surface area contributed by atoms with Crippen LogP contribution in [-0.2, 0) is 6.61 Å². The first-order valence-corrected chi connectivity index (χ1v) is 5.06. The molecule has 0 amide bonds. The van der Waals surface area contributed by atoms with Gasteiger partial charge in [-0.3, -0.25) is 0 Å². The quantitative estimate of drug-likeness (QED) is 0.884. The average molecular weight is 234 g/mol. The van der Waals surface area contributed by atoms with Gasteiger partial charge in [-0.2, -0.15) is 0 Å². The van der Waals surface area contributed by atoms with Crippen molar-refractivity contribution in [3.05, 3.63) is 47.4 Å². The third-order valence-electron chi connectivity index (χ3n) is 2.22. The van der Waals surface area contributed by atoms with E-state index in [2.05, 4.69) is 10.2 Å². The third-order valence-corrected chi connectivity index (χ3v) is 2.22. The van der Waals surface area contributed by atoms with E-state index in [1.165, 1.54) is 12.1 Å². The first-order valence-electron chi connectivity index (χ1n) is 5.06. The highest BCUT2D eigenvalue weighted by Gasteiger charge is 2.04. The normalized spacial score (nSPS) is 10.3. The second-order valence-electron chi connectivity index (χ2n) is 3.53. The van der Waals surface area contributed by atoms with Gasteiger partial charge in [-0.05, 0) is 24.6 Å². The van der Waals surface area contributed by atoms with Crippen molar-refractivity contribution in [1.29, 1.82) is 0 Å². The van der Waals surface area contributed by atoms with Gasteiger partial charge in [0.05, 0.1) is 12.3 Å². The number of aromatic nitrogens is 2. The van der Waals surface area contributed by atoms with Gasteiger partial charge in [0.15, 0.2) is 0 Å². The van der Waals surface area contributed by atoms with Crippen molar-refractivity contribution in [3.8, 4) is 11.6 Å². The Morgan fingerprint density at radius 1 is 1.24 bits per heavy atom. The molecule has 1 N–H and O–H groups in total. The number of nitrogens with zero attached hydrogens (tertiary/aromatic N) is 2. The van der Waals surface area contributed by atoms with Gasteiger partial charge in [0.25, 0.3) is 0 Å². The van der Waals surface area contributed by atoms with Crippen LogP contribution in [0.3, 0.4) is 0 Å². The Hall–Kier alpha value is -2.01. The van der Waals surface area contributed by atoms with E-state index in [0.29, 0.717) is 11.4 Å². The van der Waals surface area contributed by atoms with Gasteiger partial charge in [0.2, 0.25) is 5.88 Å². The van der Waals surface area contributed by atoms with Crippen LogP contribution in [0.1, 0.15) is 11.3 Å². The van der Waals surface area contributed by atoms with Crippen molar-refractivity contribution in [3.63, 3.8) is 0 Å². The summed E-state index contributed by atoms with van der Waals surface area (Å²) >= 11 is 0. The highest BCUT2D eigenvalue weighted by molar-refractivity contribution is 5.35. The molecule has 1 aromatic heterocycles. The summed E-state index contributed by atoms with van der Waals surface area (Å²) in [5.41, 5.74) is 1.26. The van der Waals surface area contributed by atoms with Crippen molar-refractivity contribution in [2.75, 3.05) is 0 Å². The second-order valence-corrected chi connectivity index (χ2v) is 3.53. The summed E-state index contributed by atoms with van der Waals surface area (Å²) in [5, 5.41) is 16.3. The average Bonchev–Trinajstić information content (AvgIpc) is 2.35. The number of hydrogen-bond acceptors (Lipinski definition) is 4. The summed E-state index contributed by atoms with van der Waals surface area (Å²) in [5.74, 6) is 0.289. The second kappa shape index (κ2) is 4.88. The standard InChI is InChI=1S/C12H11FN2O2/c1-8-2-3-9(13)6-11(8)17-12-5-4-10(7-16)14-15-12/h2-6,16H,7H2,1H3. The van der Waals surface area contributed by atoms with Crippen LogP contribution < -0.4 is 4.74 Å². The van der Waals surface area contributed by atoms with Crippen LogP contribution in [0.4, 0.5) is 4.39 Å². The number of aliphatic hydroxyl groups excluding tert-OH is 1. The minimum atomic E-state index is -0.370. The van der Waals surface area contributed by atoms with E-state index < -0.39 is 0 Å². The molecule has 17 heavy (non-hydrogen) atoms. The Labute approximate surface area is 97.7 Å². The monoisotopic (exact) mass is 234 g/mol. The van der Waals surface area contributed by atoms with Gasteiger partial charge < -0.3 is 9.84 Å². The van der Waals surface area contributed by atoms with E-state index >= 15 is 0 Å². The Balaban J connectivity index is 2.22. The SMILES string of the molecule is Cc1ccc(F)cc1Oc1ccc(CO)nn1. The zero-order chi connectivity index (χ0) is 12.3. The maximum atomic E-state index is 13.0. The van der Waals surface area contributed by atoms with E-state index in [9.17, 15) is 4.39 Å². The fourth-order valence-corrected chi connectivity index (χ4v) is 1.28. The summed E-state index contributed by atoms with van der Waals surface area (Å²) in [6, 6.07) is 7.44. The Kier molecular flexibility index (Phi) is 3.30. The van der Waals surface area contributed by atoms with Crippen LogP contribution in [0.25, 0.3) is 0 Å². The molecule has 0 bridgehead atoms. The summed E-state index contributed by atoms with van der Waals surface area (Å²) in [4.78, 5) is 0. The predicted octanol–water partition coefficient (Wildman–Crippen LogP) is 2.21. The Bertz CT molecular complexity index is 514. The largest absolute Gasteiger partial charge is 0.437 e. The molecular formula is C12H11FN2O2. The molecule has 1 aromatic carbocycles. The fourth-order valence-electron chi connectivity index (χ4n) is 1.28. The molecule has 0 spiro atoms. The number of hydrogen-bond donors (Lipinski definition) is 1. The molecule has 0 aliphatic heterocycles. The Morgan fingerprint density at radius 2 is 2.06 bits per heavy atom. The van der Waals surface area contributed by atoms with E-state index in [4.69, 9.17) is 9.84 Å². The molecule has 0 unspecified atom stereocenters. The molecule has 4 nitrogen and oxygen atoms in total. The summed E-state index contributed by atoms with van der Waals surface area (Å²) in [6.07, 6.45) is 0. The molecule has 2 aromatic rings. The third kappa shape index (κ3) is 2.76. The molecule has 0 atom stereocenters. The van der Waals surface area contributed by atoms with E-state index in [0.717, 1.165) is 5.56 Å². The highest BCUT2D eigenvalue weighted by Crippen LogP contribution is 2.23. The van der Waals surface area contributed by atoms with Gasteiger partial charge >= 0.3 is 0 Å². The first kappa shape index (κ1) is 11.5. The minimum absolute atomic E-state index is 0.174. The van der Waals surface area contributed by atoms with Crippen molar-refractivity contribution < 1.29 is 14.2 Å². The van der Waals surface area contributed by atoms with Crippen molar-refractivity contribution in [2.24, 2.45) is 0 Å². The molecular weight excluding hydrogens is 223 g/mol. The number of benzene rings is 1. The van der Waals surface area contributed by atoms with E-state index in [-0.39, 0.29) is 18.3 Å². The molecule has 0 radical (unpaired) electrons. The zero-order valence-corrected chi connectivity index (χ0v) is 9.22. The van der Waals surface area contributed by atoms with Gasteiger partial charge in [0.1, 0.15) is 11.6 Å². The lowest BCUT2D eigenvalue weighted by atomic mass is 10.2. The molecule has 0 saturated heterocycles. The number of aliphatic hydroxyl groups is 1. The number of aryl methyl sites for hydroxylation is 1. The van der Waals surface area contributed by atoms with Gasteiger partial charge in [-0.15, -0.1) is 10.2 Å². The Morgan fingerprint density at radius 3 is 2.71 bits per heavy atom. The molecule has 0 saturated carbocycles. The summed E-state index contributed by atoms with van der Waals surface area (Å²) in [7, 11) is 0. The maximum Gasteiger partial charge on any atom is 0.238 e. The van der Waals surface area contributed by atoms with Crippen LogP contribution in [0.5, 0.6) is 11.6 Å². The summed E-state index contributed by atoms with van der Waals surface area (Å²) in [6.45, 7) is 1.64. The zero-order valence-electron chi connectivity index (χ0n) is 9.22.